The Morgan fingerprint density at radius 1 is 1.21 bits per heavy atom. The fourth-order valence-corrected chi connectivity index (χ4v) is 4.55. The minimum atomic E-state index is -0.676. The van der Waals surface area contributed by atoms with Crippen molar-refractivity contribution in [2.75, 3.05) is 40.6 Å². The molecule has 0 aromatic heterocycles. The molecule has 8 nitrogen and oxygen atoms in total. The van der Waals surface area contributed by atoms with E-state index in [1.165, 1.54) is 0 Å². The van der Waals surface area contributed by atoms with Crippen molar-refractivity contribution in [3.8, 4) is 11.5 Å². The summed E-state index contributed by atoms with van der Waals surface area (Å²) in [5.74, 6) is -0.0383. The number of Topliss-reactive ketones (excluding diaryl/α,β-unsaturated/α-hetero) is 1. The molecule has 0 bridgehead atoms. The van der Waals surface area contributed by atoms with Crippen LogP contribution in [0, 0.1) is 5.41 Å². The van der Waals surface area contributed by atoms with E-state index in [4.69, 9.17) is 24.7 Å². The smallest absolute Gasteiger partial charge is 0.336 e. The summed E-state index contributed by atoms with van der Waals surface area (Å²) in [6, 6.07) is 5.37. The van der Waals surface area contributed by atoms with Gasteiger partial charge in [0, 0.05) is 29.8 Å². The molecule has 2 aliphatic rings. The average molecular weight is 459 g/mol. The molecule has 1 aromatic rings. The molecule has 0 spiro atoms. The van der Waals surface area contributed by atoms with Gasteiger partial charge in [-0.1, -0.05) is 13.8 Å². The van der Waals surface area contributed by atoms with Crippen molar-refractivity contribution in [1.82, 2.24) is 5.32 Å². The third-order valence-corrected chi connectivity index (χ3v) is 5.88. The van der Waals surface area contributed by atoms with Gasteiger partial charge in [-0.05, 0) is 37.0 Å². The first-order chi connectivity index (χ1) is 15.8. The molecule has 1 atom stereocenters. The maximum absolute atomic E-state index is 13.5. The quantitative estimate of drug-likeness (QED) is 0.430. The molecule has 0 saturated heterocycles. The number of hydrogen-bond donors (Lipinski definition) is 2. The minimum absolute atomic E-state index is 0.00709. The highest BCUT2D eigenvalue weighted by Gasteiger charge is 2.44. The summed E-state index contributed by atoms with van der Waals surface area (Å²) in [5, 5.41) is 3.36. The summed E-state index contributed by atoms with van der Waals surface area (Å²) in [4.78, 5) is 26.8. The van der Waals surface area contributed by atoms with Crippen molar-refractivity contribution in [2.24, 2.45) is 11.1 Å². The second-order valence-corrected chi connectivity index (χ2v) is 8.95. The van der Waals surface area contributed by atoms with Crippen LogP contribution in [0.4, 0.5) is 0 Å². The Balaban J connectivity index is 2.27. The number of rotatable bonds is 9. The van der Waals surface area contributed by atoms with Gasteiger partial charge in [0.15, 0.2) is 5.78 Å². The van der Waals surface area contributed by atoms with Gasteiger partial charge in [0.2, 0.25) is 0 Å². The van der Waals surface area contributed by atoms with Gasteiger partial charge in [-0.2, -0.15) is 0 Å². The van der Waals surface area contributed by atoms with E-state index in [9.17, 15) is 9.59 Å². The lowest BCUT2D eigenvalue weighted by Gasteiger charge is -2.40. The van der Waals surface area contributed by atoms with E-state index in [0.717, 1.165) is 5.70 Å². The third kappa shape index (κ3) is 5.23. The summed E-state index contributed by atoms with van der Waals surface area (Å²) in [6.45, 7) is 6.91. The largest absolute Gasteiger partial charge is 0.497 e. The molecule has 0 radical (unpaired) electrons. The molecule has 0 amide bonds. The lowest BCUT2D eigenvalue weighted by molar-refractivity contribution is -0.139. The number of nitrogens with two attached hydrogens (primary N) is 1. The Morgan fingerprint density at radius 3 is 2.61 bits per heavy atom. The highest BCUT2D eigenvalue weighted by molar-refractivity contribution is 6.04. The first-order valence-electron chi connectivity index (χ1n) is 11.2. The Kier molecular flexibility index (Phi) is 7.81. The van der Waals surface area contributed by atoms with Crippen LogP contribution < -0.4 is 20.5 Å². The summed E-state index contributed by atoms with van der Waals surface area (Å²) < 4.78 is 22.2. The predicted molar refractivity (Wildman–Crippen MR) is 124 cm³/mol. The Morgan fingerprint density at radius 2 is 1.97 bits per heavy atom. The number of dihydropyridines is 1. The lowest BCUT2D eigenvalue weighted by atomic mass is 9.68. The maximum atomic E-state index is 13.5. The zero-order valence-corrected chi connectivity index (χ0v) is 20.1. The fourth-order valence-electron chi connectivity index (χ4n) is 4.55. The number of methoxy groups -OCH3 is 2. The second kappa shape index (κ2) is 10.4. The van der Waals surface area contributed by atoms with E-state index in [-0.39, 0.29) is 24.4 Å². The number of nitrogens with one attached hydrogen (secondary N) is 1. The van der Waals surface area contributed by atoms with Crippen molar-refractivity contribution in [1.29, 1.82) is 0 Å². The topological polar surface area (TPSA) is 109 Å². The number of allylic oxidation sites excluding steroid dienone is 2. The van der Waals surface area contributed by atoms with Crippen LogP contribution in [0.5, 0.6) is 11.5 Å². The molecule has 0 fully saturated rings. The van der Waals surface area contributed by atoms with Crippen LogP contribution in [0.2, 0.25) is 0 Å². The van der Waals surface area contributed by atoms with Gasteiger partial charge in [-0.15, -0.1) is 0 Å². The summed E-state index contributed by atoms with van der Waals surface area (Å²) in [7, 11) is 3.13. The van der Waals surface area contributed by atoms with Crippen LogP contribution in [0.25, 0.3) is 0 Å². The average Bonchev–Trinajstić information content (AvgIpc) is 2.77. The summed E-state index contributed by atoms with van der Waals surface area (Å²) in [5.41, 5.74) is 8.32. The van der Waals surface area contributed by atoms with Crippen LogP contribution in [0.15, 0.2) is 40.7 Å². The highest BCUT2D eigenvalue weighted by Crippen LogP contribution is 2.49. The molecule has 1 unspecified atom stereocenters. The number of esters is 1. The van der Waals surface area contributed by atoms with Crippen molar-refractivity contribution in [2.45, 2.75) is 39.5 Å². The normalized spacial score (nSPS) is 19.7. The standard InChI is InChI=1S/C25H34N2O6/c1-6-33-24(29)23-18(14-32-10-9-26)27-17-12-25(2,3)13-19(28)22(17)21(23)16-11-15(30-4)7-8-20(16)31-5/h7-8,11,21,27H,6,9-10,12-14,26H2,1-5H3. The number of ether oxygens (including phenoxy) is 4. The number of carbonyl (C=O) groups is 2. The minimum Gasteiger partial charge on any atom is -0.497 e. The van der Waals surface area contributed by atoms with Crippen LogP contribution in [-0.4, -0.2) is 52.3 Å². The summed E-state index contributed by atoms with van der Waals surface area (Å²) in [6.07, 6.45) is 1.04. The van der Waals surface area contributed by atoms with E-state index in [2.05, 4.69) is 19.2 Å². The maximum Gasteiger partial charge on any atom is 0.336 e. The van der Waals surface area contributed by atoms with Gasteiger partial charge in [-0.25, -0.2) is 4.79 Å². The summed E-state index contributed by atoms with van der Waals surface area (Å²) >= 11 is 0. The fraction of sp³-hybridized carbons (Fsp3) is 0.520. The van der Waals surface area contributed by atoms with Crippen LogP contribution in [-0.2, 0) is 19.1 Å². The van der Waals surface area contributed by atoms with Crippen molar-refractivity contribution in [3.63, 3.8) is 0 Å². The highest BCUT2D eigenvalue weighted by atomic mass is 16.5. The molecule has 0 saturated carbocycles. The van der Waals surface area contributed by atoms with Crippen molar-refractivity contribution >= 4 is 11.8 Å². The van der Waals surface area contributed by atoms with Gasteiger partial charge < -0.3 is 30.0 Å². The zero-order chi connectivity index (χ0) is 24.2. The van der Waals surface area contributed by atoms with E-state index in [1.54, 1.807) is 33.3 Å². The Hall–Kier alpha value is -2.84. The van der Waals surface area contributed by atoms with E-state index in [0.29, 0.717) is 59.9 Å². The van der Waals surface area contributed by atoms with Gasteiger partial charge in [0.25, 0.3) is 0 Å². The van der Waals surface area contributed by atoms with Crippen LogP contribution in [0.3, 0.4) is 0 Å². The van der Waals surface area contributed by atoms with E-state index in [1.807, 2.05) is 6.07 Å². The monoisotopic (exact) mass is 458 g/mol. The Labute approximate surface area is 195 Å². The number of benzene rings is 1. The van der Waals surface area contributed by atoms with Crippen LogP contribution in [0.1, 0.15) is 45.1 Å². The van der Waals surface area contributed by atoms with Crippen molar-refractivity contribution < 1.29 is 28.5 Å². The van der Waals surface area contributed by atoms with Gasteiger partial charge in [-0.3, -0.25) is 4.79 Å². The third-order valence-electron chi connectivity index (χ3n) is 5.88. The molecule has 1 aromatic carbocycles. The second-order valence-electron chi connectivity index (χ2n) is 8.95. The molecule has 1 aliphatic heterocycles. The van der Waals surface area contributed by atoms with E-state index < -0.39 is 11.9 Å². The molecule has 1 heterocycles. The zero-order valence-electron chi connectivity index (χ0n) is 20.1. The number of carbonyl (C=O) groups excluding carboxylic acids is 2. The van der Waals surface area contributed by atoms with Crippen LogP contribution >= 0.6 is 0 Å². The molecular weight excluding hydrogens is 424 g/mol. The number of hydrogen-bond acceptors (Lipinski definition) is 8. The molecule has 1 aliphatic carbocycles. The SMILES string of the molecule is CCOC(=O)C1=C(COCCN)NC2=C(C(=O)CC(C)(C)C2)C1c1cc(OC)ccc1OC. The first-order valence-corrected chi connectivity index (χ1v) is 11.2. The molecule has 8 heteroatoms. The first kappa shape index (κ1) is 24.8. The molecule has 3 N–H and O–H groups in total. The predicted octanol–water partition coefficient (Wildman–Crippen LogP) is 2.83. The molecular formula is C25H34N2O6. The van der Waals surface area contributed by atoms with Gasteiger partial charge in [0.1, 0.15) is 11.5 Å². The van der Waals surface area contributed by atoms with E-state index >= 15 is 0 Å². The lowest BCUT2D eigenvalue weighted by Crippen LogP contribution is -2.40. The molecule has 180 valence electrons. The van der Waals surface area contributed by atoms with Gasteiger partial charge >= 0.3 is 5.97 Å². The molecule has 33 heavy (non-hydrogen) atoms. The van der Waals surface area contributed by atoms with Crippen molar-refractivity contribution in [3.05, 3.63) is 46.3 Å². The number of ketones is 1. The molecule has 3 rings (SSSR count). The van der Waals surface area contributed by atoms with Gasteiger partial charge in [0.05, 0.1) is 51.2 Å². The Bertz CT molecular complexity index is 979.